The summed E-state index contributed by atoms with van der Waals surface area (Å²) in [5, 5.41) is 5.51. The summed E-state index contributed by atoms with van der Waals surface area (Å²) in [6.07, 6.45) is 1.50. The van der Waals surface area contributed by atoms with Gasteiger partial charge in [0.25, 0.3) is 0 Å². The Kier molecular flexibility index (Phi) is 4.74. The van der Waals surface area contributed by atoms with Crippen molar-refractivity contribution in [1.29, 1.82) is 0 Å². The number of benzene rings is 1. The predicted octanol–water partition coefficient (Wildman–Crippen LogP) is 2.84. The van der Waals surface area contributed by atoms with E-state index in [1.807, 2.05) is 43.3 Å². The van der Waals surface area contributed by atoms with Crippen molar-refractivity contribution in [3.05, 3.63) is 53.7 Å². The minimum absolute atomic E-state index is 0.156. The van der Waals surface area contributed by atoms with Gasteiger partial charge in [-0.2, -0.15) is 0 Å². The first kappa shape index (κ1) is 16.0. The summed E-state index contributed by atoms with van der Waals surface area (Å²) >= 11 is 0. The first-order valence-corrected chi connectivity index (χ1v) is 7.99. The Morgan fingerprint density at radius 1 is 1.25 bits per heavy atom. The second kappa shape index (κ2) is 7.12. The highest BCUT2D eigenvalue weighted by Gasteiger charge is 2.21. The van der Waals surface area contributed by atoms with Crippen LogP contribution in [0.15, 0.2) is 42.5 Å². The molecule has 124 valence electrons. The zero-order valence-corrected chi connectivity index (χ0v) is 13.6. The van der Waals surface area contributed by atoms with Gasteiger partial charge in [-0.15, -0.1) is 0 Å². The molecular formula is C18H20N4O2. The maximum absolute atomic E-state index is 12.0. The molecule has 1 aromatic carbocycles. The number of rotatable bonds is 4. The third kappa shape index (κ3) is 3.90. The molecule has 1 fully saturated rings. The average Bonchev–Trinajstić information content (AvgIpc) is 2.99. The van der Waals surface area contributed by atoms with Gasteiger partial charge in [-0.3, -0.25) is 10.1 Å². The van der Waals surface area contributed by atoms with E-state index < -0.39 is 0 Å². The first-order chi connectivity index (χ1) is 11.6. The number of nitrogens with zero attached hydrogens (tertiary/aromatic N) is 2. The Morgan fingerprint density at radius 3 is 2.83 bits per heavy atom. The molecule has 0 atom stereocenters. The third-order valence-electron chi connectivity index (χ3n) is 3.88. The minimum atomic E-state index is -0.309. The summed E-state index contributed by atoms with van der Waals surface area (Å²) in [6.45, 7) is 3.01. The molecular weight excluding hydrogens is 304 g/mol. The van der Waals surface area contributed by atoms with Gasteiger partial charge in [-0.05, 0) is 43.2 Å². The third-order valence-corrected chi connectivity index (χ3v) is 3.88. The van der Waals surface area contributed by atoms with Crippen LogP contribution in [0.25, 0.3) is 0 Å². The van der Waals surface area contributed by atoms with E-state index in [0.29, 0.717) is 18.8 Å². The molecule has 2 N–H and O–H groups in total. The Labute approximate surface area is 140 Å². The Morgan fingerprint density at radius 2 is 2.08 bits per heavy atom. The van der Waals surface area contributed by atoms with Gasteiger partial charge in [0, 0.05) is 30.9 Å². The standard InChI is InChI=1S/C18H20N4O2/c1-13-5-2-8-16(20-13)21-18(24)19-12-14-6-3-7-15(11-14)22-10-4-9-17(22)23/h2-3,5-8,11H,4,9-10,12H2,1H3,(H2,19,20,21,24). The van der Waals surface area contributed by atoms with Gasteiger partial charge in [-0.25, -0.2) is 9.78 Å². The summed E-state index contributed by atoms with van der Waals surface area (Å²) in [7, 11) is 0. The van der Waals surface area contributed by atoms with Crippen LogP contribution in [-0.4, -0.2) is 23.5 Å². The number of pyridine rings is 1. The molecule has 1 saturated heterocycles. The maximum atomic E-state index is 12.0. The summed E-state index contributed by atoms with van der Waals surface area (Å²) < 4.78 is 0. The Bertz CT molecular complexity index is 760. The molecule has 1 aliphatic rings. The molecule has 0 unspecified atom stereocenters. The van der Waals surface area contributed by atoms with E-state index in [4.69, 9.17) is 0 Å². The number of amides is 3. The van der Waals surface area contributed by atoms with Crippen LogP contribution in [0.5, 0.6) is 0 Å². The fourth-order valence-corrected chi connectivity index (χ4v) is 2.71. The van der Waals surface area contributed by atoms with Crippen molar-refractivity contribution in [3.8, 4) is 0 Å². The summed E-state index contributed by atoms with van der Waals surface area (Å²) in [5.41, 5.74) is 2.67. The number of hydrogen-bond acceptors (Lipinski definition) is 3. The molecule has 24 heavy (non-hydrogen) atoms. The summed E-state index contributed by atoms with van der Waals surface area (Å²) in [5.74, 6) is 0.673. The highest BCUT2D eigenvalue weighted by atomic mass is 16.2. The SMILES string of the molecule is Cc1cccc(NC(=O)NCc2cccc(N3CCCC3=O)c2)n1. The number of urea groups is 1. The largest absolute Gasteiger partial charge is 0.334 e. The van der Waals surface area contributed by atoms with Crippen LogP contribution in [0, 0.1) is 6.92 Å². The second-order valence-corrected chi connectivity index (χ2v) is 5.79. The molecule has 3 amide bonds. The topological polar surface area (TPSA) is 74.3 Å². The second-order valence-electron chi connectivity index (χ2n) is 5.79. The van der Waals surface area contributed by atoms with E-state index in [1.54, 1.807) is 11.0 Å². The van der Waals surface area contributed by atoms with Crippen molar-refractivity contribution in [2.24, 2.45) is 0 Å². The predicted molar refractivity (Wildman–Crippen MR) is 92.9 cm³/mol. The summed E-state index contributed by atoms with van der Waals surface area (Å²) in [4.78, 5) is 29.8. The molecule has 0 bridgehead atoms. The molecule has 2 aromatic rings. The molecule has 6 nitrogen and oxygen atoms in total. The van der Waals surface area contributed by atoms with Crippen LogP contribution in [0.2, 0.25) is 0 Å². The lowest BCUT2D eigenvalue weighted by Gasteiger charge is -2.16. The molecule has 6 heteroatoms. The molecule has 0 saturated carbocycles. The number of carbonyl (C=O) groups is 2. The molecule has 0 aliphatic carbocycles. The van der Waals surface area contributed by atoms with Crippen molar-refractivity contribution in [2.45, 2.75) is 26.3 Å². The van der Waals surface area contributed by atoms with Crippen LogP contribution in [0.1, 0.15) is 24.1 Å². The van der Waals surface area contributed by atoms with Gasteiger partial charge in [-0.1, -0.05) is 18.2 Å². The van der Waals surface area contributed by atoms with E-state index in [2.05, 4.69) is 15.6 Å². The van der Waals surface area contributed by atoms with Crippen LogP contribution < -0.4 is 15.5 Å². The van der Waals surface area contributed by atoms with Crippen LogP contribution in [0.3, 0.4) is 0 Å². The molecule has 0 radical (unpaired) electrons. The van der Waals surface area contributed by atoms with Crippen molar-refractivity contribution in [3.63, 3.8) is 0 Å². The number of carbonyl (C=O) groups excluding carboxylic acids is 2. The Hall–Kier alpha value is -2.89. The fraction of sp³-hybridized carbons (Fsp3) is 0.278. The minimum Gasteiger partial charge on any atom is -0.334 e. The van der Waals surface area contributed by atoms with Gasteiger partial charge in [0.2, 0.25) is 5.91 Å². The van der Waals surface area contributed by atoms with Crippen molar-refractivity contribution in [1.82, 2.24) is 10.3 Å². The zero-order chi connectivity index (χ0) is 16.9. The van der Waals surface area contributed by atoms with Gasteiger partial charge in [0.05, 0.1) is 0 Å². The smallest absolute Gasteiger partial charge is 0.320 e. The van der Waals surface area contributed by atoms with E-state index >= 15 is 0 Å². The van der Waals surface area contributed by atoms with Gasteiger partial charge < -0.3 is 10.2 Å². The average molecular weight is 324 g/mol. The van der Waals surface area contributed by atoms with E-state index in [1.165, 1.54) is 0 Å². The molecule has 1 aliphatic heterocycles. The van der Waals surface area contributed by atoms with Crippen molar-refractivity contribution < 1.29 is 9.59 Å². The highest BCUT2D eigenvalue weighted by molar-refractivity contribution is 5.95. The number of hydrogen-bond donors (Lipinski definition) is 2. The molecule has 2 heterocycles. The number of anilines is 2. The first-order valence-electron chi connectivity index (χ1n) is 7.99. The lowest BCUT2D eigenvalue weighted by atomic mass is 10.2. The molecule has 3 rings (SSSR count). The van der Waals surface area contributed by atoms with Crippen LogP contribution in [0.4, 0.5) is 16.3 Å². The lowest BCUT2D eigenvalue weighted by Crippen LogP contribution is -2.29. The quantitative estimate of drug-likeness (QED) is 0.908. The van der Waals surface area contributed by atoms with E-state index in [0.717, 1.165) is 29.9 Å². The van der Waals surface area contributed by atoms with E-state index in [9.17, 15) is 9.59 Å². The monoisotopic (exact) mass is 324 g/mol. The normalized spacial score (nSPS) is 13.9. The van der Waals surface area contributed by atoms with Gasteiger partial charge >= 0.3 is 6.03 Å². The maximum Gasteiger partial charge on any atom is 0.320 e. The Balaban J connectivity index is 1.58. The molecule has 1 aromatic heterocycles. The summed E-state index contributed by atoms with van der Waals surface area (Å²) in [6, 6.07) is 12.8. The highest BCUT2D eigenvalue weighted by Crippen LogP contribution is 2.22. The zero-order valence-electron chi connectivity index (χ0n) is 13.6. The molecule has 0 spiro atoms. The number of aryl methyl sites for hydroxylation is 1. The number of nitrogens with one attached hydrogen (secondary N) is 2. The van der Waals surface area contributed by atoms with E-state index in [-0.39, 0.29) is 11.9 Å². The van der Waals surface area contributed by atoms with Gasteiger partial charge in [0.15, 0.2) is 0 Å². The van der Waals surface area contributed by atoms with Crippen molar-refractivity contribution >= 4 is 23.4 Å². The van der Waals surface area contributed by atoms with Gasteiger partial charge in [0.1, 0.15) is 5.82 Å². The van der Waals surface area contributed by atoms with Crippen LogP contribution in [-0.2, 0) is 11.3 Å². The lowest BCUT2D eigenvalue weighted by molar-refractivity contribution is -0.117. The van der Waals surface area contributed by atoms with Crippen LogP contribution >= 0.6 is 0 Å². The fourth-order valence-electron chi connectivity index (χ4n) is 2.71. The number of aromatic nitrogens is 1. The van der Waals surface area contributed by atoms with Crippen molar-refractivity contribution in [2.75, 3.05) is 16.8 Å².